The van der Waals surface area contributed by atoms with E-state index in [1.807, 2.05) is 54.6 Å². The lowest BCUT2D eigenvalue weighted by Gasteiger charge is -2.10. The van der Waals surface area contributed by atoms with E-state index in [-0.39, 0.29) is 23.5 Å². The molecule has 0 aliphatic rings. The van der Waals surface area contributed by atoms with Gasteiger partial charge in [0.1, 0.15) is 5.75 Å². The van der Waals surface area contributed by atoms with Crippen LogP contribution in [0, 0.1) is 0 Å². The Bertz CT molecular complexity index is 1380. The van der Waals surface area contributed by atoms with E-state index < -0.39 is 10.0 Å². The number of methoxy groups -OCH3 is 1. The monoisotopic (exact) mass is 461 g/mol. The zero-order valence-corrected chi connectivity index (χ0v) is 18.8. The van der Waals surface area contributed by atoms with Gasteiger partial charge in [-0.15, -0.1) is 0 Å². The highest BCUT2D eigenvalue weighted by molar-refractivity contribution is 7.89. The highest BCUT2D eigenvalue weighted by Gasteiger charge is 2.14. The van der Waals surface area contributed by atoms with Crippen molar-refractivity contribution < 1.29 is 13.2 Å². The molecule has 0 unspecified atom stereocenters. The van der Waals surface area contributed by atoms with Crippen molar-refractivity contribution in [2.75, 3.05) is 13.7 Å². The number of sulfonamides is 1. The molecule has 33 heavy (non-hydrogen) atoms. The van der Waals surface area contributed by atoms with Crippen molar-refractivity contribution in [3.05, 3.63) is 101 Å². The minimum Gasteiger partial charge on any atom is -0.497 e. The Morgan fingerprint density at radius 1 is 0.818 bits per heavy atom. The molecule has 1 N–H and O–H groups in total. The van der Waals surface area contributed by atoms with Crippen LogP contribution in [0.25, 0.3) is 22.4 Å². The minimum absolute atomic E-state index is 0.0295. The van der Waals surface area contributed by atoms with Crippen molar-refractivity contribution in [2.24, 2.45) is 0 Å². The van der Waals surface area contributed by atoms with E-state index in [1.54, 1.807) is 37.4 Å². The van der Waals surface area contributed by atoms with Gasteiger partial charge in [0.15, 0.2) is 0 Å². The first kappa shape index (κ1) is 22.4. The number of ether oxygens (including phenoxy) is 1. The number of nitrogens with zero attached hydrogens (tertiary/aromatic N) is 2. The summed E-state index contributed by atoms with van der Waals surface area (Å²) in [5, 5.41) is 4.36. The molecular formula is C25H23N3O4S. The van der Waals surface area contributed by atoms with Crippen LogP contribution in [0.3, 0.4) is 0 Å². The molecule has 0 bridgehead atoms. The Morgan fingerprint density at radius 3 is 2.12 bits per heavy atom. The largest absolute Gasteiger partial charge is 0.497 e. The van der Waals surface area contributed by atoms with Crippen LogP contribution in [0.4, 0.5) is 0 Å². The fourth-order valence-electron chi connectivity index (χ4n) is 3.35. The minimum atomic E-state index is -3.72. The first-order valence-electron chi connectivity index (χ1n) is 10.3. The van der Waals surface area contributed by atoms with E-state index in [0.29, 0.717) is 5.69 Å². The number of aromatic nitrogens is 2. The van der Waals surface area contributed by atoms with Gasteiger partial charge < -0.3 is 4.74 Å². The fraction of sp³-hybridized carbons (Fsp3) is 0.120. The normalized spacial score (nSPS) is 11.3. The van der Waals surface area contributed by atoms with Crippen molar-refractivity contribution in [3.63, 3.8) is 0 Å². The van der Waals surface area contributed by atoms with Crippen molar-refractivity contribution in [1.82, 2.24) is 14.5 Å². The first-order valence-corrected chi connectivity index (χ1v) is 11.8. The van der Waals surface area contributed by atoms with E-state index in [4.69, 9.17) is 4.74 Å². The Hall–Kier alpha value is -3.75. The van der Waals surface area contributed by atoms with E-state index in [1.165, 1.54) is 10.7 Å². The molecule has 1 aromatic heterocycles. The third kappa shape index (κ3) is 5.36. The molecule has 4 rings (SSSR count). The average Bonchev–Trinajstić information content (AvgIpc) is 2.86. The summed E-state index contributed by atoms with van der Waals surface area (Å²) < 4.78 is 34.3. The highest BCUT2D eigenvalue weighted by Crippen LogP contribution is 2.21. The molecule has 0 radical (unpaired) electrons. The average molecular weight is 462 g/mol. The van der Waals surface area contributed by atoms with Crippen LogP contribution in [0.2, 0.25) is 0 Å². The first-order chi connectivity index (χ1) is 16.0. The predicted molar refractivity (Wildman–Crippen MR) is 128 cm³/mol. The maximum absolute atomic E-state index is 12.7. The lowest BCUT2D eigenvalue weighted by Crippen LogP contribution is -2.32. The van der Waals surface area contributed by atoms with Gasteiger partial charge in [0.25, 0.3) is 5.56 Å². The molecule has 0 aliphatic carbocycles. The van der Waals surface area contributed by atoms with E-state index in [2.05, 4.69) is 9.82 Å². The van der Waals surface area contributed by atoms with E-state index >= 15 is 0 Å². The van der Waals surface area contributed by atoms with Crippen LogP contribution in [0.5, 0.6) is 5.75 Å². The summed E-state index contributed by atoms with van der Waals surface area (Å²) in [6.07, 6.45) is 0. The summed E-state index contributed by atoms with van der Waals surface area (Å²) in [6, 6.07) is 26.8. The summed E-state index contributed by atoms with van der Waals surface area (Å²) >= 11 is 0. The third-order valence-corrected chi connectivity index (χ3v) is 6.62. The molecule has 8 heteroatoms. The maximum Gasteiger partial charge on any atom is 0.266 e. The predicted octanol–water partition coefficient (Wildman–Crippen LogP) is 3.56. The summed E-state index contributed by atoms with van der Waals surface area (Å²) in [4.78, 5) is 12.4. The molecule has 3 aromatic carbocycles. The second-order valence-corrected chi connectivity index (χ2v) is 9.06. The van der Waals surface area contributed by atoms with Gasteiger partial charge in [-0.25, -0.2) is 17.8 Å². The Labute approximate surface area is 192 Å². The van der Waals surface area contributed by atoms with E-state index in [0.717, 1.165) is 22.4 Å². The number of rotatable bonds is 8. The van der Waals surface area contributed by atoms with Crippen molar-refractivity contribution >= 4 is 10.0 Å². The third-order valence-electron chi connectivity index (χ3n) is 5.14. The Morgan fingerprint density at radius 2 is 1.45 bits per heavy atom. The number of hydrogen-bond acceptors (Lipinski definition) is 5. The molecule has 0 amide bonds. The molecule has 0 saturated heterocycles. The van der Waals surface area contributed by atoms with Gasteiger partial charge >= 0.3 is 0 Å². The van der Waals surface area contributed by atoms with Crippen LogP contribution in [-0.4, -0.2) is 31.9 Å². The summed E-state index contributed by atoms with van der Waals surface area (Å²) in [7, 11) is -2.13. The molecule has 0 spiro atoms. The number of benzene rings is 3. The Balaban J connectivity index is 1.43. The van der Waals surface area contributed by atoms with Gasteiger partial charge in [0, 0.05) is 18.2 Å². The smallest absolute Gasteiger partial charge is 0.266 e. The highest BCUT2D eigenvalue weighted by atomic mass is 32.2. The molecule has 1 heterocycles. The van der Waals surface area contributed by atoms with Gasteiger partial charge in [-0.1, -0.05) is 42.5 Å². The number of hydrogen-bond donors (Lipinski definition) is 1. The van der Waals surface area contributed by atoms with Crippen LogP contribution < -0.4 is 15.0 Å². The van der Waals surface area contributed by atoms with Gasteiger partial charge in [-0.3, -0.25) is 4.79 Å². The Kier molecular flexibility index (Phi) is 6.67. The molecular weight excluding hydrogens is 438 g/mol. The summed E-state index contributed by atoms with van der Waals surface area (Å²) in [6.45, 7) is 0.131. The molecule has 4 aromatic rings. The number of nitrogens with one attached hydrogen (secondary N) is 1. The molecule has 0 atom stereocenters. The van der Waals surface area contributed by atoms with Crippen LogP contribution in [-0.2, 0) is 16.6 Å². The summed E-state index contributed by atoms with van der Waals surface area (Å²) in [5.74, 6) is 0.721. The topological polar surface area (TPSA) is 90.3 Å². The molecule has 168 valence electrons. The zero-order valence-electron chi connectivity index (χ0n) is 18.0. The second-order valence-electron chi connectivity index (χ2n) is 7.30. The summed E-state index contributed by atoms with van der Waals surface area (Å²) in [5.41, 5.74) is 3.07. The molecule has 0 fully saturated rings. The SMILES string of the molecule is COc1ccc(-c2ccc(=O)n(CCNS(=O)(=O)c3ccc(-c4ccccc4)cc3)n2)cc1. The quantitative estimate of drug-likeness (QED) is 0.433. The lowest BCUT2D eigenvalue weighted by molar-refractivity contribution is 0.415. The van der Waals surface area contributed by atoms with Crippen LogP contribution in [0.1, 0.15) is 0 Å². The molecule has 0 saturated carbocycles. The second kappa shape index (κ2) is 9.81. The van der Waals surface area contributed by atoms with Crippen molar-refractivity contribution in [1.29, 1.82) is 0 Å². The van der Waals surface area contributed by atoms with Crippen molar-refractivity contribution in [3.8, 4) is 28.1 Å². The van der Waals surface area contributed by atoms with Gasteiger partial charge in [0.2, 0.25) is 10.0 Å². The van der Waals surface area contributed by atoms with Gasteiger partial charge in [-0.2, -0.15) is 5.10 Å². The standard InChI is InChI=1S/C25H23N3O4S/c1-32-22-11-7-21(8-12-22)24-15-16-25(29)28(27-24)18-17-26-33(30,31)23-13-9-20(10-14-23)19-5-3-2-4-6-19/h2-16,26H,17-18H2,1H3. The van der Waals surface area contributed by atoms with Crippen LogP contribution >= 0.6 is 0 Å². The molecule has 0 aliphatic heterocycles. The van der Waals surface area contributed by atoms with Gasteiger partial charge in [0.05, 0.1) is 24.2 Å². The van der Waals surface area contributed by atoms with Crippen molar-refractivity contribution in [2.45, 2.75) is 11.4 Å². The maximum atomic E-state index is 12.7. The molecule has 7 nitrogen and oxygen atoms in total. The van der Waals surface area contributed by atoms with Gasteiger partial charge in [-0.05, 0) is 53.6 Å². The fourth-order valence-corrected chi connectivity index (χ4v) is 4.37. The lowest BCUT2D eigenvalue weighted by atomic mass is 10.1. The van der Waals surface area contributed by atoms with E-state index in [9.17, 15) is 13.2 Å². The van der Waals surface area contributed by atoms with Crippen LogP contribution in [0.15, 0.2) is 101 Å². The zero-order chi connectivity index (χ0) is 23.3.